The predicted octanol–water partition coefficient (Wildman–Crippen LogP) is 2.93. The summed E-state index contributed by atoms with van der Waals surface area (Å²) in [7, 11) is 0. The van der Waals surface area contributed by atoms with E-state index in [0.717, 1.165) is 33.5 Å². The smallest absolute Gasteiger partial charge is 0.163 e. The van der Waals surface area contributed by atoms with Crippen LogP contribution in [0, 0.1) is 20.8 Å². The molecule has 2 aromatic heterocycles. The number of nitrogens with two attached hydrogens (primary N) is 2. The van der Waals surface area contributed by atoms with Gasteiger partial charge in [0.15, 0.2) is 5.82 Å². The van der Waals surface area contributed by atoms with Crippen LogP contribution >= 0.6 is 22.9 Å². The molecule has 1 aliphatic rings. The van der Waals surface area contributed by atoms with E-state index in [0.29, 0.717) is 17.3 Å². The van der Waals surface area contributed by atoms with Gasteiger partial charge in [-0.2, -0.15) is 5.10 Å². The molecule has 0 saturated carbocycles. The summed E-state index contributed by atoms with van der Waals surface area (Å²) in [6, 6.07) is 7.33. The van der Waals surface area contributed by atoms with E-state index in [1.165, 1.54) is 10.4 Å². The number of fused-ring (bicyclic) bond motifs is 3. The van der Waals surface area contributed by atoms with Crippen molar-refractivity contribution in [3.63, 3.8) is 0 Å². The molecule has 5 N–H and O–H groups in total. The fraction of sp³-hybridized carbons (Fsp3) is 0.263. The molecule has 0 amide bonds. The minimum Gasteiger partial charge on any atom is -0.386 e. The van der Waals surface area contributed by atoms with Gasteiger partial charge in [-0.1, -0.05) is 23.7 Å². The third kappa shape index (κ3) is 3.41. The lowest BCUT2D eigenvalue weighted by molar-refractivity contribution is 0.676. The standard InChI is InChI=1S/C19H21ClN8S/c1-9-10(2)29-19-16(9)17(12-4-6-13(20)7-5-12)23-14(8-15(21)25-27-22)18-26-24-11(3)28(18)19/h4-7,14,27H,8,22H2,1-3H3,(H2,21,25). The van der Waals surface area contributed by atoms with Crippen molar-refractivity contribution in [2.24, 2.45) is 21.7 Å². The van der Waals surface area contributed by atoms with Crippen molar-refractivity contribution in [1.82, 2.24) is 20.3 Å². The van der Waals surface area contributed by atoms with E-state index in [-0.39, 0.29) is 6.04 Å². The number of hydrazone groups is 1. The molecule has 1 aromatic carbocycles. The van der Waals surface area contributed by atoms with Crippen molar-refractivity contribution in [2.45, 2.75) is 33.2 Å². The second-order valence-corrected chi connectivity index (χ2v) is 8.48. The Hall–Kier alpha value is -2.75. The monoisotopic (exact) mass is 428 g/mol. The summed E-state index contributed by atoms with van der Waals surface area (Å²) < 4.78 is 2.07. The van der Waals surface area contributed by atoms with Crippen LogP contribution in [0.2, 0.25) is 5.02 Å². The normalized spacial score (nSPS) is 16.1. The maximum Gasteiger partial charge on any atom is 0.163 e. The number of hydrogen-bond acceptors (Lipinski definition) is 7. The van der Waals surface area contributed by atoms with Gasteiger partial charge in [-0.05, 0) is 38.5 Å². The second-order valence-electron chi connectivity index (χ2n) is 6.84. The molecule has 29 heavy (non-hydrogen) atoms. The van der Waals surface area contributed by atoms with Gasteiger partial charge in [-0.15, -0.1) is 21.5 Å². The Kier molecular flexibility index (Phi) is 5.12. The number of benzene rings is 1. The van der Waals surface area contributed by atoms with Crippen LogP contribution in [0.15, 0.2) is 34.4 Å². The molecule has 4 rings (SSSR count). The molecule has 3 aromatic rings. The zero-order chi connectivity index (χ0) is 20.7. The van der Waals surface area contributed by atoms with Gasteiger partial charge >= 0.3 is 0 Å². The summed E-state index contributed by atoms with van der Waals surface area (Å²) in [5.74, 6) is 7.15. The number of amidine groups is 1. The molecule has 1 atom stereocenters. The molecular formula is C19H21ClN8S. The van der Waals surface area contributed by atoms with E-state index < -0.39 is 0 Å². The van der Waals surface area contributed by atoms with Gasteiger partial charge in [0.1, 0.15) is 22.7 Å². The molecule has 150 valence electrons. The van der Waals surface area contributed by atoms with Crippen molar-refractivity contribution >= 4 is 34.5 Å². The van der Waals surface area contributed by atoms with E-state index >= 15 is 0 Å². The maximum atomic E-state index is 6.12. The predicted molar refractivity (Wildman–Crippen MR) is 117 cm³/mol. The van der Waals surface area contributed by atoms with Crippen LogP contribution in [-0.4, -0.2) is 26.3 Å². The van der Waals surface area contributed by atoms with E-state index in [4.69, 9.17) is 28.2 Å². The Morgan fingerprint density at radius 2 is 1.97 bits per heavy atom. The minimum absolute atomic E-state index is 0.335. The van der Waals surface area contributed by atoms with Crippen LogP contribution in [0.25, 0.3) is 5.00 Å². The summed E-state index contributed by atoms with van der Waals surface area (Å²) in [6.07, 6.45) is 0.354. The molecule has 3 heterocycles. The Labute approximate surface area is 177 Å². The summed E-state index contributed by atoms with van der Waals surface area (Å²) in [6.45, 7) is 6.17. The molecule has 0 fully saturated rings. The van der Waals surface area contributed by atoms with Crippen molar-refractivity contribution in [3.8, 4) is 5.00 Å². The Morgan fingerprint density at radius 1 is 1.24 bits per heavy atom. The average molecular weight is 429 g/mol. The highest BCUT2D eigenvalue weighted by Crippen LogP contribution is 2.39. The van der Waals surface area contributed by atoms with E-state index in [9.17, 15) is 0 Å². The van der Waals surface area contributed by atoms with Crippen LogP contribution in [0.4, 0.5) is 0 Å². The number of aliphatic imine (C=N–C) groups is 1. The first-order chi connectivity index (χ1) is 13.9. The van der Waals surface area contributed by atoms with Gasteiger partial charge in [0.05, 0.1) is 5.71 Å². The lowest BCUT2D eigenvalue weighted by Gasteiger charge is -2.12. The highest BCUT2D eigenvalue weighted by atomic mass is 35.5. The third-order valence-electron chi connectivity index (χ3n) is 4.97. The maximum absolute atomic E-state index is 6.12. The zero-order valence-electron chi connectivity index (χ0n) is 16.3. The average Bonchev–Trinajstić information content (AvgIpc) is 3.15. The van der Waals surface area contributed by atoms with Crippen LogP contribution < -0.4 is 17.1 Å². The van der Waals surface area contributed by atoms with Gasteiger partial charge < -0.3 is 5.73 Å². The minimum atomic E-state index is -0.363. The molecule has 0 aliphatic carbocycles. The number of hydrogen-bond donors (Lipinski definition) is 3. The summed E-state index contributed by atoms with van der Waals surface area (Å²) in [5.41, 5.74) is 12.4. The van der Waals surface area contributed by atoms with Gasteiger partial charge in [0.2, 0.25) is 0 Å². The molecule has 1 unspecified atom stereocenters. The molecule has 1 aliphatic heterocycles. The number of hydrazine groups is 1. The number of thiophene rings is 1. The number of rotatable bonds is 4. The number of nitrogens with one attached hydrogen (secondary N) is 1. The SMILES string of the molecule is Cc1sc2c(c1C)C(c1ccc(Cl)cc1)=NC(C/C(N)=N/NN)c1nnc(C)n1-2. The van der Waals surface area contributed by atoms with Gasteiger partial charge in [-0.3, -0.25) is 9.56 Å². The van der Waals surface area contributed by atoms with E-state index in [1.807, 2.05) is 31.2 Å². The first kappa shape index (κ1) is 19.6. The van der Waals surface area contributed by atoms with Crippen molar-refractivity contribution < 1.29 is 0 Å². The molecule has 0 radical (unpaired) electrons. The van der Waals surface area contributed by atoms with Crippen LogP contribution in [0.1, 0.15) is 45.7 Å². The van der Waals surface area contributed by atoms with Crippen molar-refractivity contribution in [1.29, 1.82) is 0 Å². The number of aryl methyl sites for hydroxylation is 2. The van der Waals surface area contributed by atoms with Crippen molar-refractivity contribution in [2.75, 3.05) is 0 Å². The third-order valence-corrected chi connectivity index (χ3v) is 6.41. The molecule has 0 saturated heterocycles. The van der Waals surface area contributed by atoms with Gasteiger partial charge in [0, 0.05) is 27.4 Å². The van der Waals surface area contributed by atoms with E-state index in [2.05, 4.69) is 39.2 Å². The highest BCUT2D eigenvalue weighted by Gasteiger charge is 2.31. The second kappa shape index (κ2) is 7.58. The Balaban J connectivity index is 1.99. The number of nitrogens with zero attached hydrogens (tertiary/aromatic N) is 5. The van der Waals surface area contributed by atoms with Crippen LogP contribution in [0.5, 0.6) is 0 Å². The molecule has 8 nitrogen and oxygen atoms in total. The molecule has 10 heteroatoms. The summed E-state index contributed by atoms with van der Waals surface area (Å²) in [5, 5.41) is 14.3. The van der Waals surface area contributed by atoms with Crippen molar-refractivity contribution in [3.05, 3.63) is 62.5 Å². The lowest BCUT2D eigenvalue weighted by atomic mass is 9.99. The molecule has 0 bridgehead atoms. The van der Waals surface area contributed by atoms with Gasteiger partial charge in [-0.25, -0.2) is 11.4 Å². The van der Waals surface area contributed by atoms with Gasteiger partial charge in [0.25, 0.3) is 0 Å². The number of halogens is 1. The lowest BCUT2D eigenvalue weighted by Crippen LogP contribution is -2.24. The van der Waals surface area contributed by atoms with E-state index in [1.54, 1.807) is 11.3 Å². The quantitative estimate of drug-likeness (QED) is 0.255. The Bertz CT molecular complexity index is 1130. The molecule has 0 spiro atoms. The fourth-order valence-electron chi connectivity index (χ4n) is 3.46. The zero-order valence-corrected chi connectivity index (χ0v) is 17.8. The Morgan fingerprint density at radius 3 is 2.66 bits per heavy atom. The molecular weight excluding hydrogens is 408 g/mol. The summed E-state index contributed by atoms with van der Waals surface area (Å²) in [4.78, 5) is 6.32. The first-order valence-corrected chi connectivity index (χ1v) is 10.2. The largest absolute Gasteiger partial charge is 0.386 e. The van der Waals surface area contributed by atoms with Crippen LogP contribution in [-0.2, 0) is 0 Å². The highest BCUT2D eigenvalue weighted by molar-refractivity contribution is 7.15. The van der Waals surface area contributed by atoms with Crippen LogP contribution in [0.3, 0.4) is 0 Å². The topological polar surface area (TPSA) is 120 Å². The fourth-order valence-corrected chi connectivity index (χ4v) is 4.80. The number of aromatic nitrogens is 3. The summed E-state index contributed by atoms with van der Waals surface area (Å²) >= 11 is 7.82. The first-order valence-electron chi connectivity index (χ1n) is 9.04.